The van der Waals surface area contributed by atoms with Gasteiger partial charge in [-0.15, -0.1) is 0 Å². The molecule has 0 amide bonds. The number of rotatable bonds is 17. The molecule has 101 heavy (non-hydrogen) atoms. The predicted molar refractivity (Wildman–Crippen MR) is 429 cm³/mol. The van der Waals surface area contributed by atoms with Crippen molar-refractivity contribution in [3.8, 4) is 28.3 Å². The number of nitriles is 1. The summed E-state index contributed by atoms with van der Waals surface area (Å²) < 4.78 is 0. The van der Waals surface area contributed by atoms with Crippen molar-refractivity contribution in [2.24, 2.45) is 0 Å². The zero-order chi connectivity index (χ0) is 69.3. The van der Waals surface area contributed by atoms with Crippen molar-refractivity contribution in [3.63, 3.8) is 0 Å². The lowest BCUT2D eigenvalue weighted by Gasteiger charge is -2.27. The lowest BCUT2D eigenvalue weighted by atomic mass is 10.0. The number of hydrogen-bond acceptors (Lipinski definition) is 7. The Kier molecular flexibility index (Phi) is 20.9. The van der Waals surface area contributed by atoms with Gasteiger partial charge in [-0.1, -0.05) is 217 Å². The summed E-state index contributed by atoms with van der Waals surface area (Å²) in [4.78, 5) is 13.4. The molecule has 0 aromatic heterocycles. The van der Waals surface area contributed by atoms with Gasteiger partial charge in [-0.2, -0.15) is 5.26 Å². The Labute approximate surface area is 595 Å². The highest BCUT2D eigenvalue weighted by molar-refractivity contribution is 5.96. The summed E-state index contributed by atoms with van der Waals surface area (Å²) in [5, 5.41) is 11.8. The minimum Gasteiger partial charge on any atom is -0.345 e. The van der Waals surface area contributed by atoms with Crippen molar-refractivity contribution in [1.82, 2.24) is 0 Å². The van der Waals surface area contributed by atoms with Gasteiger partial charge in [0.15, 0.2) is 0 Å². The monoisotopic (exact) mass is 1310 g/mol. The number of aryl methyl sites for hydroxylation is 2. The number of nitrogens with zero attached hydrogens (tertiary/aromatic N) is 7. The van der Waals surface area contributed by atoms with Crippen LogP contribution in [0.1, 0.15) is 16.7 Å². The minimum atomic E-state index is 0.647. The van der Waals surface area contributed by atoms with Gasteiger partial charge in [-0.3, -0.25) is 0 Å². The van der Waals surface area contributed by atoms with Crippen molar-refractivity contribution >= 4 is 96.1 Å². The molecule has 0 heterocycles. The Morgan fingerprint density at radius 1 is 0.218 bits per heavy atom. The standard InChI is InChI=1S/C38H29N3.C30H26N2.C26H24N2/c1-40(36-18-8-11-29(25-36)28-39)34-21-23-35(24-22-34)41(37-19-9-16-32(26-37)30-12-4-2-5-13-30)38-20-10-17-33(27-38)31-14-6-3-7-15-31;1-23-15-17-27(18-16-23)32(26-11-4-3-5-12-26)28-21-19-25(20-22-28)31(2)30-14-8-10-24-9-6-7-13-29(24)30;1-21-13-15-25(16-14-21)28(24-11-7-4-8-12-24)26-19-17-23(18-20-26)27(2)22-9-5-3-6-10-22/h2-27H,1H3;3-22H,1-2H3;3-20H,1-2H3. The summed E-state index contributed by atoms with van der Waals surface area (Å²) in [5.41, 5.74) is 24.7. The van der Waals surface area contributed by atoms with Crippen LogP contribution in [0, 0.1) is 25.2 Å². The van der Waals surface area contributed by atoms with Gasteiger partial charge >= 0.3 is 0 Å². The fraction of sp³-hybridized carbons (Fsp3) is 0.0532. The molecule has 0 atom stereocenters. The highest BCUT2D eigenvalue weighted by atomic mass is 15.2. The topological polar surface area (TPSA) is 43.2 Å². The molecule has 0 fully saturated rings. The fourth-order valence-electron chi connectivity index (χ4n) is 12.6. The van der Waals surface area contributed by atoms with Crippen LogP contribution in [0.4, 0.5) is 85.3 Å². The van der Waals surface area contributed by atoms with Crippen molar-refractivity contribution < 1.29 is 0 Å². The number of para-hydroxylation sites is 3. The molecule has 0 radical (unpaired) electrons. The van der Waals surface area contributed by atoms with Gasteiger partial charge in [0.25, 0.3) is 0 Å². The maximum Gasteiger partial charge on any atom is 0.0992 e. The summed E-state index contributed by atoms with van der Waals surface area (Å²) in [7, 11) is 6.25. The summed E-state index contributed by atoms with van der Waals surface area (Å²) in [6.07, 6.45) is 0. The summed E-state index contributed by atoms with van der Waals surface area (Å²) in [6, 6.07) is 138. The first-order chi connectivity index (χ1) is 49.6. The molecule has 0 aliphatic rings. The van der Waals surface area contributed by atoms with E-state index in [9.17, 15) is 5.26 Å². The van der Waals surface area contributed by atoms with E-state index in [-0.39, 0.29) is 0 Å². The first-order valence-electron chi connectivity index (χ1n) is 34.1. The molecule has 15 aromatic rings. The third-order valence-corrected chi connectivity index (χ3v) is 18.2. The summed E-state index contributed by atoms with van der Waals surface area (Å²) in [5.74, 6) is 0. The predicted octanol–water partition coefficient (Wildman–Crippen LogP) is 25.7. The average Bonchev–Trinajstić information content (AvgIpc) is 0.813. The lowest BCUT2D eigenvalue weighted by Crippen LogP contribution is -2.12. The average molecular weight is 1310 g/mol. The third kappa shape index (κ3) is 16.0. The van der Waals surface area contributed by atoms with Gasteiger partial charge in [0.05, 0.1) is 11.6 Å². The minimum absolute atomic E-state index is 0.647. The molecule has 0 saturated heterocycles. The first-order valence-corrected chi connectivity index (χ1v) is 34.1. The van der Waals surface area contributed by atoms with Gasteiger partial charge < -0.3 is 29.4 Å². The van der Waals surface area contributed by atoms with Crippen molar-refractivity contribution in [2.45, 2.75) is 13.8 Å². The van der Waals surface area contributed by atoms with E-state index in [0.717, 1.165) is 73.9 Å². The molecule has 0 aliphatic carbocycles. The van der Waals surface area contributed by atoms with E-state index in [1.54, 1.807) is 0 Å². The van der Waals surface area contributed by atoms with E-state index in [0.29, 0.717) is 5.56 Å². The van der Waals surface area contributed by atoms with Crippen LogP contribution < -0.4 is 29.4 Å². The number of hydrogen-bond donors (Lipinski definition) is 0. The van der Waals surface area contributed by atoms with Crippen LogP contribution in [0.15, 0.2) is 388 Å². The maximum absolute atomic E-state index is 9.34. The number of fused-ring (bicyclic) bond motifs is 1. The Bertz CT molecular complexity index is 5080. The molecule has 7 heteroatoms. The molecule has 15 aromatic carbocycles. The van der Waals surface area contributed by atoms with Crippen LogP contribution >= 0.6 is 0 Å². The van der Waals surface area contributed by atoms with Crippen molar-refractivity contribution in [3.05, 3.63) is 405 Å². The molecule has 0 aliphatic heterocycles. The highest BCUT2D eigenvalue weighted by Gasteiger charge is 2.19. The second-order valence-corrected chi connectivity index (χ2v) is 24.9. The van der Waals surface area contributed by atoms with Gasteiger partial charge in [0.1, 0.15) is 0 Å². The van der Waals surface area contributed by atoms with Gasteiger partial charge in [0.2, 0.25) is 0 Å². The summed E-state index contributed by atoms with van der Waals surface area (Å²) in [6.45, 7) is 4.24. The number of anilines is 15. The molecule has 0 bridgehead atoms. The van der Waals surface area contributed by atoms with E-state index in [1.807, 2.05) is 49.5 Å². The molecule has 0 unspecified atom stereocenters. The van der Waals surface area contributed by atoms with Crippen LogP contribution in [-0.2, 0) is 0 Å². The molecule has 7 nitrogen and oxygen atoms in total. The quantitative estimate of drug-likeness (QED) is 0.0900. The Balaban J connectivity index is 0.000000138. The smallest absolute Gasteiger partial charge is 0.0992 e. The molecular weight excluding hydrogens is 1230 g/mol. The van der Waals surface area contributed by atoms with Gasteiger partial charge in [-0.05, 0) is 223 Å². The molecule has 0 spiro atoms. The molecule has 490 valence electrons. The van der Waals surface area contributed by atoms with E-state index >= 15 is 0 Å². The molecule has 0 N–H and O–H groups in total. The molecule has 15 rings (SSSR count). The van der Waals surface area contributed by atoms with Gasteiger partial charge in [0, 0.05) is 112 Å². The first kappa shape index (κ1) is 66.5. The Hall–Kier alpha value is -13.2. The van der Waals surface area contributed by atoms with Crippen LogP contribution in [-0.4, -0.2) is 21.1 Å². The van der Waals surface area contributed by atoms with E-state index in [1.165, 1.54) is 55.5 Å². The molecular formula is C94H79N7. The SMILES string of the molecule is CN(c1ccc(N(c2cccc(-c3ccccc3)c2)c2cccc(-c3ccccc3)c2)cc1)c1cccc(C#N)c1.Cc1ccc(N(c2ccccc2)c2ccc(N(C)c3cccc4ccccc34)cc2)cc1.Cc1ccc(N(c2ccccc2)c2ccc(N(C)c3ccccc3)cc2)cc1. The summed E-state index contributed by atoms with van der Waals surface area (Å²) >= 11 is 0. The van der Waals surface area contributed by atoms with E-state index < -0.39 is 0 Å². The van der Waals surface area contributed by atoms with Crippen LogP contribution in [0.5, 0.6) is 0 Å². The lowest BCUT2D eigenvalue weighted by molar-refractivity contribution is 1.20. The highest BCUT2D eigenvalue weighted by Crippen LogP contribution is 2.42. The van der Waals surface area contributed by atoms with Gasteiger partial charge in [-0.25, -0.2) is 0 Å². The maximum atomic E-state index is 9.34. The molecule has 0 saturated carbocycles. The second-order valence-electron chi connectivity index (χ2n) is 24.9. The van der Waals surface area contributed by atoms with Crippen LogP contribution in [0.3, 0.4) is 0 Å². The van der Waals surface area contributed by atoms with Crippen molar-refractivity contribution in [1.29, 1.82) is 5.26 Å². The third-order valence-electron chi connectivity index (χ3n) is 18.2. The Morgan fingerprint density at radius 2 is 0.495 bits per heavy atom. The largest absolute Gasteiger partial charge is 0.345 e. The van der Waals surface area contributed by atoms with Crippen LogP contribution in [0.25, 0.3) is 33.0 Å². The van der Waals surface area contributed by atoms with E-state index in [4.69, 9.17) is 0 Å². The zero-order valence-electron chi connectivity index (χ0n) is 57.6. The fourth-order valence-corrected chi connectivity index (χ4v) is 12.6. The zero-order valence-corrected chi connectivity index (χ0v) is 57.6. The van der Waals surface area contributed by atoms with E-state index in [2.05, 4.69) is 409 Å². The Morgan fingerprint density at radius 3 is 0.931 bits per heavy atom. The van der Waals surface area contributed by atoms with Crippen molar-refractivity contribution in [2.75, 3.05) is 50.5 Å². The normalized spacial score (nSPS) is 10.6. The second kappa shape index (κ2) is 31.8. The number of benzene rings is 15. The van der Waals surface area contributed by atoms with Crippen LogP contribution in [0.2, 0.25) is 0 Å².